The Morgan fingerprint density at radius 2 is 1.62 bits per heavy atom. The number of hydrogen-bond donors (Lipinski definition) is 1. The van der Waals surface area contributed by atoms with E-state index in [4.69, 9.17) is 4.18 Å². The van der Waals surface area contributed by atoms with Gasteiger partial charge in [-0.3, -0.25) is 4.79 Å². The SMILES string of the molecule is Cc1ccc(CC(=O)N/N=C/c2ccccc2OS(=O)(=O)c2ccccc2)cc1. The highest BCUT2D eigenvalue weighted by molar-refractivity contribution is 7.87. The first-order valence-corrected chi connectivity index (χ1v) is 10.3. The zero-order valence-corrected chi connectivity index (χ0v) is 16.6. The Balaban J connectivity index is 1.67. The molecule has 3 rings (SSSR count). The van der Waals surface area contributed by atoms with Crippen LogP contribution in [0.4, 0.5) is 0 Å². The number of hydrazone groups is 1. The van der Waals surface area contributed by atoms with Crippen LogP contribution in [0, 0.1) is 6.92 Å². The van der Waals surface area contributed by atoms with Gasteiger partial charge >= 0.3 is 10.1 Å². The summed E-state index contributed by atoms with van der Waals surface area (Å²) in [6.07, 6.45) is 1.54. The van der Waals surface area contributed by atoms with Gasteiger partial charge in [0.15, 0.2) is 5.75 Å². The molecule has 0 aromatic heterocycles. The molecule has 0 unspecified atom stereocenters. The molecular weight excluding hydrogens is 388 g/mol. The first-order valence-electron chi connectivity index (χ1n) is 8.90. The molecule has 1 N–H and O–H groups in total. The van der Waals surface area contributed by atoms with Gasteiger partial charge in [-0.15, -0.1) is 0 Å². The van der Waals surface area contributed by atoms with Gasteiger partial charge < -0.3 is 4.18 Å². The summed E-state index contributed by atoms with van der Waals surface area (Å²) in [4.78, 5) is 12.1. The fourth-order valence-corrected chi connectivity index (χ4v) is 3.50. The molecule has 0 atom stereocenters. The molecule has 0 heterocycles. The second-order valence-corrected chi connectivity index (χ2v) is 7.89. The lowest BCUT2D eigenvalue weighted by Crippen LogP contribution is -2.19. The van der Waals surface area contributed by atoms with Crippen molar-refractivity contribution in [2.75, 3.05) is 0 Å². The van der Waals surface area contributed by atoms with Crippen LogP contribution in [0.15, 0.2) is 88.9 Å². The van der Waals surface area contributed by atoms with E-state index in [1.807, 2.05) is 31.2 Å². The van der Waals surface area contributed by atoms with E-state index in [1.54, 1.807) is 36.4 Å². The molecule has 0 spiro atoms. The first-order chi connectivity index (χ1) is 13.9. The molecule has 6 nitrogen and oxygen atoms in total. The minimum atomic E-state index is -3.97. The quantitative estimate of drug-likeness (QED) is 0.369. The molecule has 0 radical (unpaired) electrons. The van der Waals surface area contributed by atoms with Gasteiger partial charge in [0.2, 0.25) is 5.91 Å². The highest BCUT2D eigenvalue weighted by Crippen LogP contribution is 2.21. The minimum absolute atomic E-state index is 0.0538. The number of hydrogen-bond acceptors (Lipinski definition) is 5. The van der Waals surface area contributed by atoms with E-state index in [0.717, 1.165) is 11.1 Å². The summed E-state index contributed by atoms with van der Waals surface area (Å²) < 4.78 is 30.1. The molecular formula is C22H20N2O4S. The van der Waals surface area contributed by atoms with E-state index in [-0.39, 0.29) is 23.0 Å². The average Bonchev–Trinajstić information content (AvgIpc) is 2.71. The lowest BCUT2D eigenvalue weighted by Gasteiger charge is -2.09. The molecule has 3 aromatic carbocycles. The van der Waals surface area contributed by atoms with Crippen molar-refractivity contribution in [2.24, 2.45) is 5.10 Å². The predicted octanol–water partition coefficient (Wildman–Crippen LogP) is 3.46. The predicted molar refractivity (Wildman–Crippen MR) is 111 cm³/mol. The zero-order valence-electron chi connectivity index (χ0n) is 15.8. The van der Waals surface area contributed by atoms with Crippen LogP contribution in [-0.2, 0) is 21.3 Å². The van der Waals surface area contributed by atoms with Crippen molar-refractivity contribution >= 4 is 22.2 Å². The second-order valence-electron chi connectivity index (χ2n) is 6.34. The maximum Gasteiger partial charge on any atom is 0.339 e. The summed E-state index contributed by atoms with van der Waals surface area (Å²) in [5, 5.41) is 3.92. The maximum absolute atomic E-state index is 12.4. The van der Waals surface area contributed by atoms with Gasteiger partial charge in [0, 0.05) is 5.56 Å². The molecule has 0 aliphatic carbocycles. The molecule has 0 saturated heterocycles. The van der Waals surface area contributed by atoms with Crippen LogP contribution in [0.5, 0.6) is 5.75 Å². The van der Waals surface area contributed by atoms with Crippen LogP contribution in [0.1, 0.15) is 16.7 Å². The fraction of sp³-hybridized carbons (Fsp3) is 0.0909. The molecule has 0 saturated carbocycles. The van der Waals surface area contributed by atoms with Crippen LogP contribution in [0.3, 0.4) is 0 Å². The zero-order chi connectivity index (χ0) is 20.7. The number of amides is 1. The number of rotatable bonds is 7. The highest BCUT2D eigenvalue weighted by atomic mass is 32.2. The van der Waals surface area contributed by atoms with Gasteiger partial charge in [0.1, 0.15) is 4.90 Å². The summed E-state index contributed by atoms with van der Waals surface area (Å²) >= 11 is 0. The van der Waals surface area contributed by atoms with Crippen LogP contribution < -0.4 is 9.61 Å². The standard InChI is InChI=1S/C22H20N2O4S/c1-17-11-13-18(14-12-17)15-22(25)24-23-16-19-7-5-6-10-21(19)28-29(26,27)20-8-3-2-4-9-20/h2-14,16H,15H2,1H3,(H,24,25)/b23-16+. The van der Waals surface area contributed by atoms with Crippen molar-refractivity contribution < 1.29 is 17.4 Å². The van der Waals surface area contributed by atoms with E-state index >= 15 is 0 Å². The summed E-state index contributed by atoms with van der Waals surface area (Å²) in [6, 6.07) is 22.1. The maximum atomic E-state index is 12.4. The van der Waals surface area contributed by atoms with E-state index < -0.39 is 10.1 Å². The monoisotopic (exact) mass is 408 g/mol. The largest absolute Gasteiger partial charge is 0.378 e. The molecule has 0 aliphatic heterocycles. The molecule has 0 fully saturated rings. The summed E-state index contributed by atoms with van der Waals surface area (Å²) in [6.45, 7) is 1.98. The van der Waals surface area contributed by atoms with Crippen molar-refractivity contribution in [2.45, 2.75) is 18.2 Å². The number of benzene rings is 3. The normalized spacial score (nSPS) is 11.3. The fourth-order valence-electron chi connectivity index (χ4n) is 2.52. The summed E-state index contributed by atoms with van der Waals surface area (Å²) in [5.74, 6) is -0.159. The van der Waals surface area contributed by atoms with Crippen molar-refractivity contribution in [3.63, 3.8) is 0 Å². The van der Waals surface area contributed by atoms with Crippen LogP contribution in [0.2, 0.25) is 0 Å². The number of aryl methyl sites for hydroxylation is 1. The Hall–Kier alpha value is -3.45. The number of carbonyl (C=O) groups excluding carboxylic acids is 1. The van der Waals surface area contributed by atoms with Crippen molar-refractivity contribution in [1.29, 1.82) is 0 Å². The Kier molecular flexibility index (Phi) is 6.41. The van der Waals surface area contributed by atoms with Crippen molar-refractivity contribution in [3.8, 4) is 5.75 Å². The lowest BCUT2D eigenvalue weighted by molar-refractivity contribution is -0.120. The first kappa shape index (κ1) is 20.3. The van der Waals surface area contributed by atoms with Crippen LogP contribution >= 0.6 is 0 Å². The van der Waals surface area contributed by atoms with Gasteiger partial charge in [-0.1, -0.05) is 60.2 Å². The Bertz CT molecular complexity index is 1110. The molecule has 148 valence electrons. The van der Waals surface area contributed by atoms with Crippen LogP contribution in [0.25, 0.3) is 0 Å². The molecule has 1 amide bonds. The summed E-state index contributed by atoms with van der Waals surface area (Å²) in [7, 11) is -3.97. The Morgan fingerprint density at radius 3 is 2.34 bits per heavy atom. The van der Waals surface area contributed by atoms with Gasteiger partial charge in [0.05, 0.1) is 12.6 Å². The molecule has 7 heteroatoms. The number of nitrogens with one attached hydrogen (secondary N) is 1. The third-order valence-corrected chi connectivity index (χ3v) is 5.28. The van der Waals surface area contributed by atoms with Gasteiger partial charge in [0.25, 0.3) is 0 Å². The molecule has 29 heavy (non-hydrogen) atoms. The van der Waals surface area contributed by atoms with Crippen molar-refractivity contribution in [3.05, 3.63) is 95.6 Å². The van der Waals surface area contributed by atoms with Gasteiger partial charge in [-0.05, 0) is 36.8 Å². The minimum Gasteiger partial charge on any atom is -0.378 e. The van der Waals surface area contributed by atoms with E-state index in [0.29, 0.717) is 5.56 Å². The van der Waals surface area contributed by atoms with E-state index in [2.05, 4.69) is 10.5 Å². The molecule has 3 aromatic rings. The third-order valence-electron chi connectivity index (χ3n) is 4.03. The number of para-hydroxylation sites is 1. The lowest BCUT2D eigenvalue weighted by atomic mass is 10.1. The average molecular weight is 408 g/mol. The van der Waals surface area contributed by atoms with Crippen molar-refractivity contribution in [1.82, 2.24) is 5.43 Å². The second kappa shape index (κ2) is 9.16. The van der Waals surface area contributed by atoms with Gasteiger partial charge in [-0.2, -0.15) is 13.5 Å². The third kappa shape index (κ3) is 5.76. The summed E-state index contributed by atoms with van der Waals surface area (Å²) in [5.41, 5.74) is 4.86. The smallest absolute Gasteiger partial charge is 0.339 e. The topological polar surface area (TPSA) is 84.8 Å². The molecule has 0 bridgehead atoms. The Morgan fingerprint density at radius 1 is 0.966 bits per heavy atom. The number of carbonyl (C=O) groups is 1. The molecule has 0 aliphatic rings. The highest BCUT2D eigenvalue weighted by Gasteiger charge is 2.17. The van der Waals surface area contributed by atoms with E-state index in [1.165, 1.54) is 24.4 Å². The van der Waals surface area contributed by atoms with E-state index in [9.17, 15) is 13.2 Å². The van der Waals surface area contributed by atoms with Gasteiger partial charge in [-0.25, -0.2) is 5.43 Å². The van der Waals surface area contributed by atoms with Crippen LogP contribution in [-0.4, -0.2) is 20.5 Å². The number of nitrogens with zero attached hydrogens (tertiary/aromatic N) is 1. The Labute approximate surface area is 170 Å².